The number of unbranched alkanes of at least 4 members (excludes halogenated alkanes) is 1. The van der Waals surface area contributed by atoms with Crippen molar-refractivity contribution in [1.82, 2.24) is 19.9 Å². The Labute approximate surface area is 160 Å². The minimum Gasteiger partial charge on any atom is -0.335 e. The molecule has 1 atom stereocenters. The van der Waals surface area contributed by atoms with Gasteiger partial charge in [0, 0.05) is 25.0 Å². The summed E-state index contributed by atoms with van der Waals surface area (Å²) in [5.41, 5.74) is 5.06. The molecule has 1 unspecified atom stereocenters. The Morgan fingerprint density at radius 3 is 2.52 bits per heavy atom. The van der Waals surface area contributed by atoms with Crippen molar-refractivity contribution in [3.8, 4) is 0 Å². The maximum absolute atomic E-state index is 13.2. The predicted octanol–water partition coefficient (Wildman–Crippen LogP) is 4.65. The number of amides is 1. The number of nitrogens with zero attached hydrogens (tertiary/aromatic N) is 4. The Morgan fingerprint density at radius 2 is 1.85 bits per heavy atom. The van der Waals surface area contributed by atoms with Crippen molar-refractivity contribution < 1.29 is 4.79 Å². The highest BCUT2D eigenvalue weighted by Crippen LogP contribution is 2.27. The molecule has 1 amide bonds. The van der Waals surface area contributed by atoms with Gasteiger partial charge in [0.1, 0.15) is 0 Å². The molecule has 1 aromatic carbocycles. The van der Waals surface area contributed by atoms with Crippen LogP contribution in [0.25, 0.3) is 11.0 Å². The lowest BCUT2D eigenvalue weighted by molar-refractivity contribution is 0.0720. The highest BCUT2D eigenvalue weighted by molar-refractivity contribution is 5.97. The third kappa shape index (κ3) is 4.13. The van der Waals surface area contributed by atoms with Gasteiger partial charge < -0.3 is 4.90 Å². The quantitative estimate of drug-likeness (QED) is 0.641. The maximum Gasteiger partial charge on any atom is 0.254 e. The van der Waals surface area contributed by atoms with Gasteiger partial charge >= 0.3 is 0 Å². The van der Waals surface area contributed by atoms with Gasteiger partial charge in [0.2, 0.25) is 0 Å². The number of aryl methyl sites for hydroxylation is 2. The largest absolute Gasteiger partial charge is 0.335 e. The van der Waals surface area contributed by atoms with Crippen LogP contribution in [0, 0.1) is 13.8 Å². The summed E-state index contributed by atoms with van der Waals surface area (Å²) in [4.78, 5) is 28.4. The molecule has 140 valence electrons. The Bertz CT molecular complexity index is 940. The Balaban J connectivity index is 1.92. The Morgan fingerprint density at radius 1 is 1.11 bits per heavy atom. The van der Waals surface area contributed by atoms with Crippen molar-refractivity contribution >= 4 is 16.9 Å². The normalized spacial score (nSPS) is 12.1. The van der Waals surface area contributed by atoms with Gasteiger partial charge in [-0.25, -0.2) is 9.97 Å². The Hall–Kier alpha value is -2.82. The number of hydrogen-bond donors (Lipinski definition) is 0. The molecule has 3 rings (SSSR count). The molecule has 2 aromatic heterocycles. The van der Waals surface area contributed by atoms with Crippen molar-refractivity contribution in [3.63, 3.8) is 0 Å². The molecule has 0 N–H and O–H groups in total. The monoisotopic (exact) mass is 362 g/mol. The highest BCUT2D eigenvalue weighted by atomic mass is 16.2. The maximum atomic E-state index is 13.2. The van der Waals surface area contributed by atoms with E-state index in [0.717, 1.165) is 47.2 Å². The number of carbonyl (C=O) groups is 1. The number of carbonyl (C=O) groups excluding carboxylic acids is 1. The lowest BCUT2D eigenvalue weighted by Crippen LogP contribution is -2.31. The smallest absolute Gasteiger partial charge is 0.254 e. The van der Waals surface area contributed by atoms with Gasteiger partial charge in [0.15, 0.2) is 0 Å². The zero-order valence-electron chi connectivity index (χ0n) is 16.4. The van der Waals surface area contributed by atoms with E-state index < -0.39 is 0 Å². The van der Waals surface area contributed by atoms with Gasteiger partial charge in [0.05, 0.1) is 28.5 Å². The van der Waals surface area contributed by atoms with Crippen molar-refractivity contribution in [2.24, 2.45) is 0 Å². The first kappa shape index (κ1) is 19.0. The van der Waals surface area contributed by atoms with Crippen LogP contribution < -0.4 is 0 Å². The third-order valence-corrected chi connectivity index (χ3v) is 5.01. The average Bonchev–Trinajstić information content (AvgIpc) is 2.69. The van der Waals surface area contributed by atoms with Crippen LogP contribution in [0.3, 0.4) is 0 Å². The van der Waals surface area contributed by atoms with Crippen molar-refractivity contribution in [1.29, 1.82) is 0 Å². The average molecular weight is 362 g/mol. The van der Waals surface area contributed by atoms with E-state index in [-0.39, 0.29) is 11.9 Å². The summed E-state index contributed by atoms with van der Waals surface area (Å²) in [6.45, 7) is 6.04. The molecule has 0 saturated heterocycles. The van der Waals surface area contributed by atoms with Gasteiger partial charge in [-0.1, -0.05) is 25.8 Å². The molecule has 0 aliphatic carbocycles. The minimum absolute atomic E-state index is 0.00712. The third-order valence-electron chi connectivity index (χ3n) is 5.01. The zero-order chi connectivity index (χ0) is 19.4. The highest BCUT2D eigenvalue weighted by Gasteiger charge is 2.23. The number of rotatable bonds is 6. The first-order valence-corrected chi connectivity index (χ1v) is 9.43. The fourth-order valence-corrected chi connectivity index (χ4v) is 3.26. The lowest BCUT2D eigenvalue weighted by atomic mass is 10.0. The van der Waals surface area contributed by atoms with Gasteiger partial charge in [0.25, 0.3) is 5.91 Å². The molecule has 0 aliphatic heterocycles. The van der Waals surface area contributed by atoms with Crippen LogP contribution in [-0.4, -0.2) is 32.8 Å². The van der Waals surface area contributed by atoms with Gasteiger partial charge in [-0.05, 0) is 50.1 Å². The molecule has 5 heteroatoms. The van der Waals surface area contributed by atoms with E-state index in [0.29, 0.717) is 5.56 Å². The summed E-state index contributed by atoms with van der Waals surface area (Å²) >= 11 is 0. The molecule has 5 nitrogen and oxygen atoms in total. The van der Waals surface area contributed by atoms with Crippen LogP contribution in [0.1, 0.15) is 59.5 Å². The van der Waals surface area contributed by atoms with Crippen LogP contribution in [0.2, 0.25) is 0 Å². The first-order valence-electron chi connectivity index (χ1n) is 9.43. The van der Waals surface area contributed by atoms with Crippen molar-refractivity contribution in [3.05, 3.63) is 65.2 Å². The standard InChI is InChI=1S/C22H26N4O/c1-5-6-9-21(18-8-7-12-23-14-18)26(4)22(27)17-10-11-19-20(13-17)25-16(3)15(2)24-19/h7-8,10-14,21H,5-6,9H2,1-4H3. The molecule has 0 aliphatic rings. The van der Waals surface area contributed by atoms with Crippen LogP contribution in [0.15, 0.2) is 42.7 Å². The number of pyridine rings is 1. The molecule has 27 heavy (non-hydrogen) atoms. The molecule has 0 spiro atoms. The SMILES string of the molecule is CCCCC(c1cccnc1)N(C)C(=O)c1ccc2nc(C)c(C)nc2c1. The first-order chi connectivity index (χ1) is 13.0. The molecule has 2 heterocycles. The summed E-state index contributed by atoms with van der Waals surface area (Å²) in [6.07, 6.45) is 6.66. The number of aromatic nitrogens is 3. The second-order valence-corrected chi connectivity index (χ2v) is 6.96. The van der Waals surface area contributed by atoms with Crippen molar-refractivity contribution in [2.45, 2.75) is 46.1 Å². The van der Waals surface area contributed by atoms with E-state index in [1.165, 1.54) is 0 Å². The summed E-state index contributed by atoms with van der Waals surface area (Å²) in [5.74, 6) is -0.0121. The van der Waals surface area contributed by atoms with E-state index in [1.807, 2.05) is 62.3 Å². The molecule has 0 saturated carbocycles. The van der Waals surface area contributed by atoms with Crippen LogP contribution in [0.5, 0.6) is 0 Å². The number of fused-ring (bicyclic) bond motifs is 1. The Kier molecular flexibility index (Phi) is 5.79. The fraction of sp³-hybridized carbons (Fsp3) is 0.364. The minimum atomic E-state index is -0.0121. The van der Waals surface area contributed by atoms with Crippen molar-refractivity contribution in [2.75, 3.05) is 7.05 Å². The lowest BCUT2D eigenvalue weighted by Gasteiger charge is -2.28. The second-order valence-electron chi connectivity index (χ2n) is 6.96. The van der Waals surface area contributed by atoms with Gasteiger partial charge in [-0.15, -0.1) is 0 Å². The van der Waals surface area contributed by atoms with E-state index in [2.05, 4.69) is 21.9 Å². The molecular formula is C22H26N4O. The number of benzene rings is 1. The number of hydrogen-bond acceptors (Lipinski definition) is 4. The second kappa shape index (κ2) is 8.25. The van der Waals surface area contributed by atoms with Crippen LogP contribution in [-0.2, 0) is 0 Å². The van der Waals surface area contributed by atoms with E-state index >= 15 is 0 Å². The molecule has 0 bridgehead atoms. The molecule has 0 radical (unpaired) electrons. The summed E-state index contributed by atoms with van der Waals surface area (Å²) < 4.78 is 0. The van der Waals surface area contributed by atoms with Crippen LogP contribution in [0.4, 0.5) is 0 Å². The summed E-state index contributed by atoms with van der Waals surface area (Å²) in [6, 6.07) is 9.52. The van der Waals surface area contributed by atoms with Gasteiger partial charge in [-0.2, -0.15) is 0 Å². The van der Waals surface area contributed by atoms with Crippen LogP contribution >= 0.6 is 0 Å². The topological polar surface area (TPSA) is 59.0 Å². The molecule has 3 aromatic rings. The van der Waals surface area contributed by atoms with Gasteiger partial charge in [-0.3, -0.25) is 9.78 Å². The van der Waals surface area contributed by atoms with E-state index in [9.17, 15) is 4.79 Å². The predicted molar refractivity (Wildman–Crippen MR) is 108 cm³/mol. The molecule has 0 fully saturated rings. The van der Waals surface area contributed by atoms with E-state index in [4.69, 9.17) is 0 Å². The van der Waals surface area contributed by atoms with E-state index in [1.54, 1.807) is 6.20 Å². The molecular weight excluding hydrogens is 336 g/mol. The summed E-state index contributed by atoms with van der Waals surface area (Å²) in [5, 5.41) is 0. The zero-order valence-corrected chi connectivity index (χ0v) is 16.4. The fourth-order valence-electron chi connectivity index (χ4n) is 3.26. The summed E-state index contributed by atoms with van der Waals surface area (Å²) in [7, 11) is 1.87.